The molecule has 92 valence electrons. The van der Waals surface area contributed by atoms with Crippen molar-refractivity contribution in [1.82, 2.24) is 4.98 Å². The number of halogens is 1. The Kier molecular flexibility index (Phi) is 3.77. The van der Waals surface area contributed by atoms with Gasteiger partial charge in [0.15, 0.2) is 0 Å². The predicted octanol–water partition coefficient (Wildman–Crippen LogP) is 3.71. The van der Waals surface area contributed by atoms with Crippen molar-refractivity contribution in [2.45, 2.75) is 13.8 Å². The molecule has 3 nitrogen and oxygen atoms in total. The van der Waals surface area contributed by atoms with Crippen molar-refractivity contribution >= 4 is 27.5 Å². The number of aryl methyl sites for hydroxylation is 2. The first-order valence-corrected chi connectivity index (χ1v) is 6.37. The van der Waals surface area contributed by atoms with Gasteiger partial charge in [-0.1, -0.05) is 18.2 Å². The van der Waals surface area contributed by atoms with Crippen LogP contribution in [0.3, 0.4) is 0 Å². The van der Waals surface area contributed by atoms with Crippen molar-refractivity contribution in [1.29, 1.82) is 0 Å². The van der Waals surface area contributed by atoms with Crippen LogP contribution in [0.2, 0.25) is 0 Å². The number of pyridine rings is 1. The fourth-order valence-corrected chi connectivity index (χ4v) is 1.94. The summed E-state index contributed by atoms with van der Waals surface area (Å²) >= 11 is 3.25. The molecule has 4 heteroatoms. The number of amides is 1. The minimum Gasteiger partial charge on any atom is -0.320 e. The molecule has 1 aromatic heterocycles. The summed E-state index contributed by atoms with van der Waals surface area (Å²) in [5, 5.41) is 2.87. The Labute approximate surface area is 114 Å². The summed E-state index contributed by atoms with van der Waals surface area (Å²) in [4.78, 5) is 16.2. The third-order valence-electron chi connectivity index (χ3n) is 2.59. The quantitative estimate of drug-likeness (QED) is 0.859. The molecule has 0 saturated carbocycles. The lowest BCUT2D eigenvalue weighted by atomic mass is 10.1. The maximum absolute atomic E-state index is 12.0. The molecule has 0 spiro atoms. The first kappa shape index (κ1) is 12.8. The minimum absolute atomic E-state index is 0.204. The van der Waals surface area contributed by atoms with Crippen molar-refractivity contribution in [3.8, 4) is 0 Å². The average Bonchev–Trinajstić information content (AvgIpc) is 2.34. The van der Waals surface area contributed by atoms with Crippen molar-refractivity contribution in [3.05, 3.63) is 57.8 Å². The molecular weight excluding hydrogens is 292 g/mol. The zero-order valence-corrected chi connectivity index (χ0v) is 11.8. The topological polar surface area (TPSA) is 42.0 Å². The highest BCUT2D eigenvalue weighted by Crippen LogP contribution is 2.17. The van der Waals surface area contributed by atoms with Crippen LogP contribution in [0.1, 0.15) is 21.6 Å². The Morgan fingerprint density at radius 3 is 2.72 bits per heavy atom. The molecule has 1 heterocycles. The number of anilines is 1. The Balaban J connectivity index is 2.24. The van der Waals surface area contributed by atoms with Crippen LogP contribution in [0.5, 0.6) is 0 Å². The second kappa shape index (κ2) is 5.31. The van der Waals surface area contributed by atoms with Gasteiger partial charge in [-0.3, -0.25) is 4.79 Å². The van der Waals surface area contributed by atoms with Crippen LogP contribution in [-0.4, -0.2) is 10.9 Å². The van der Waals surface area contributed by atoms with E-state index in [2.05, 4.69) is 26.2 Å². The number of rotatable bonds is 2. The number of carbonyl (C=O) groups excluding carboxylic acids is 1. The van der Waals surface area contributed by atoms with Crippen LogP contribution in [0.15, 0.2) is 41.0 Å². The third kappa shape index (κ3) is 2.96. The zero-order chi connectivity index (χ0) is 13.1. The van der Waals surface area contributed by atoms with Gasteiger partial charge >= 0.3 is 0 Å². The summed E-state index contributed by atoms with van der Waals surface area (Å²) in [6.45, 7) is 3.95. The van der Waals surface area contributed by atoms with Gasteiger partial charge in [-0.25, -0.2) is 4.98 Å². The lowest BCUT2D eigenvalue weighted by Gasteiger charge is -2.09. The van der Waals surface area contributed by atoms with E-state index in [9.17, 15) is 4.79 Å². The van der Waals surface area contributed by atoms with E-state index in [0.717, 1.165) is 16.8 Å². The fraction of sp³-hybridized carbons (Fsp3) is 0.143. The average molecular weight is 305 g/mol. The third-order valence-corrected chi connectivity index (χ3v) is 3.03. The van der Waals surface area contributed by atoms with Crippen LogP contribution in [0.4, 0.5) is 5.69 Å². The van der Waals surface area contributed by atoms with Crippen LogP contribution >= 0.6 is 15.9 Å². The van der Waals surface area contributed by atoms with Gasteiger partial charge in [-0.15, -0.1) is 0 Å². The van der Waals surface area contributed by atoms with Gasteiger partial charge in [0.25, 0.3) is 5.91 Å². The molecule has 0 bridgehead atoms. The Hall–Kier alpha value is -1.68. The van der Waals surface area contributed by atoms with Crippen molar-refractivity contribution in [3.63, 3.8) is 0 Å². The van der Waals surface area contributed by atoms with E-state index >= 15 is 0 Å². The SMILES string of the molecule is Cc1ccc(C)c(NC(=O)c2cccc(Br)n2)c1. The minimum atomic E-state index is -0.204. The highest BCUT2D eigenvalue weighted by molar-refractivity contribution is 9.10. The molecule has 2 rings (SSSR count). The normalized spacial score (nSPS) is 10.2. The summed E-state index contributed by atoms with van der Waals surface area (Å²) < 4.78 is 0.649. The van der Waals surface area contributed by atoms with Crippen molar-refractivity contribution < 1.29 is 4.79 Å². The number of nitrogens with one attached hydrogen (secondary N) is 1. The van der Waals surface area contributed by atoms with Gasteiger partial charge in [0, 0.05) is 5.69 Å². The van der Waals surface area contributed by atoms with Gasteiger partial charge in [-0.2, -0.15) is 0 Å². The second-order valence-electron chi connectivity index (χ2n) is 4.12. The number of benzene rings is 1. The lowest BCUT2D eigenvalue weighted by molar-refractivity contribution is 0.102. The van der Waals surface area contributed by atoms with E-state index in [1.165, 1.54) is 0 Å². The Bertz CT molecular complexity index is 596. The van der Waals surface area contributed by atoms with Gasteiger partial charge in [0.1, 0.15) is 10.3 Å². The predicted molar refractivity (Wildman–Crippen MR) is 75.8 cm³/mol. The van der Waals surface area contributed by atoms with Crippen molar-refractivity contribution in [2.24, 2.45) is 0 Å². The number of hydrogen-bond acceptors (Lipinski definition) is 2. The van der Waals surface area contributed by atoms with E-state index < -0.39 is 0 Å². The maximum atomic E-state index is 12.0. The molecule has 0 radical (unpaired) electrons. The standard InChI is InChI=1S/C14H13BrN2O/c1-9-6-7-10(2)12(8-9)17-14(18)11-4-3-5-13(15)16-11/h3-8H,1-2H3,(H,17,18). The van der Waals surface area contributed by atoms with E-state index in [1.807, 2.05) is 32.0 Å². The zero-order valence-electron chi connectivity index (χ0n) is 10.2. The molecule has 1 amide bonds. The van der Waals surface area contributed by atoms with Crippen LogP contribution < -0.4 is 5.32 Å². The number of hydrogen-bond donors (Lipinski definition) is 1. The highest BCUT2D eigenvalue weighted by atomic mass is 79.9. The van der Waals surface area contributed by atoms with E-state index in [-0.39, 0.29) is 5.91 Å². The van der Waals surface area contributed by atoms with Crippen LogP contribution in [-0.2, 0) is 0 Å². The smallest absolute Gasteiger partial charge is 0.274 e. The molecule has 0 unspecified atom stereocenters. The monoisotopic (exact) mass is 304 g/mol. The van der Waals surface area contributed by atoms with Gasteiger partial charge < -0.3 is 5.32 Å². The van der Waals surface area contributed by atoms with E-state index in [0.29, 0.717) is 10.3 Å². The first-order valence-electron chi connectivity index (χ1n) is 5.57. The molecule has 0 saturated heterocycles. The molecule has 0 aliphatic carbocycles. The number of carbonyl (C=O) groups is 1. The molecule has 18 heavy (non-hydrogen) atoms. The number of nitrogens with zero attached hydrogens (tertiary/aromatic N) is 1. The maximum Gasteiger partial charge on any atom is 0.274 e. The summed E-state index contributed by atoms with van der Waals surface area (Å²) in [7, 11) is 0. The highest BCUT2D eigenvalue weighted by Gasteiger charge is 2.09. The van der Waals surface area contributed by atoms with Gasteiger partial charge in [-0.05, 0) is 59.1 Å². The van der Waals surface area contributed by atoms with E-state index in [4.69, 9.17) is 0 Å². The van der Waals surface area contributed by atoms with E-state index in [1.54, 1.807) is 18.2 Å². The summed E-state index contributed by atoms with van der Waals surface area (Å²) in [5.74, 6) is -0.204. The van der Waals surface area contributed by atoms with Crippen LogP contribution in [0, 0.1) is 13.8 Å². The lowest BCUT2D eigenvalue weighted by Crippen LogP contribution is -2.14. The molecule has 0 atom stereocenters. The summed E-state index contributed by atoms with van der Waals surface area (Å²) in [6.07, 6.45) is 0. The fourth-order valence-electron chi connectivity index (χ4n) is 1.59. The Morgan fingerprint density at radius 2 is 2.00 bits per heavy atom. The van der Waals surface area contributed by atoms with Gasteiger partial charge in [0.05, 0.1) is 0 Å². The molecule has 2 aromatic rings. The van der Waals surface area contributed by atoms with Crippen LogP contribution in [0.25, 0.3) is 0 Å². The largest absolute Gasteiger partial charge is 0.320 e. The van der Waals surface area contributed by atoms with Crippen molar-refractivity contribution in [2.75, 3.05) is 5.32 Å². The Morgan fingerprint density at radius 1 is 1.22 bits per heavy atom. The summed E-state index contributed by atoms with van der Waals surface area (Å²) in [6, 6.07) is 11.2. The first-order chi connectivity index (χ1) is 8.56. The molecule has 1 aromatic carbocycles. The molecule has 1 N–H and O–H groups in total. The molecule has 0 fully saturated rings. The number of aromatic nitrogens is 1. The summed E-state index contributed by atoms with van der Waals surface area (Å²) in [5.41, 5.74) is 3.36. The molecule has 0 aliphatic rings. The van der Waals surface area contributed by atoms with Gasteiger partial charge in [0.2, 0.25) is 0 Å². The molecule has 0 aliphatic heterocycles. The molecular formula is C14H13BrN2O. The second-order valence-corrected chi connectivity index (χ2v) is 4.93.